The molecule has 0 aromatic heterocycles. The number of piperidine rings is 1. The average molecular weight is 305 g/mol. The Hall–Kier alpha value is -1.46. The predicted octanol–water partition coefficient (Wildman–Crippen LogP) is 2.29. The van der Waals surface area contributed by atoms with Crippen LogP contribution in [0, 0.1) is 12.8 Å². The van der Waals surface area contributed by atoms with Crippen LogP contribution in [0.4, 0.5) is 0 Å². The van der Waals surface area contributed by atoms with Crippen LogP contribution in [0.15, 0.2) is 41.3 Å². The molecule has 0 N–H and O–H groups in total. The van der Waals surface area contributed by atoms with Crippen LogP contribution in [0.1, 0.15) is 25.3 Å². The highest BCUT2D eigenvalue weighted by Gasteiger charge is 2.46. The molecule has 1 aliphatic carbocycles. The summed E-state index contributed by atoms with van der Waals surface area (Å²) in [5.74, 6) is 0.0208. The van der Waals surface area contributed by atoms with Gasteiger partial charge in [-0.1, -0.05) is 29.8 Å². The number of carbonyl (C=O) groups is 1. The van der Waals surface area contributed by atoms with Gasteiger partial charge in [-0.15, -0.1) is 0 Å². The number of hydrogen-bond donors (Lipinski definition) is 0. The molecule has 1 aromatic carbocycles. The topological polar surface area (TPSA) is 54.5 Å². The third-order valence-corrected chi connectivity index (χ3v) is 6.47. The summed E-state index contributed by atoms with van der Waals surface area (Å²) in [6.45, 7) is 3.61. The van der Waals surface area contributed by atoms with Crippen molar-refractivity contribution < 1.29 is 13.2 Å². The number of hydrogen-bond acceptors (Lipinski definition) is 3. The van der Waals surface area contributed by atoms with E-state index in [1.807, 2.05) is 19.1 Å². The van der Waals surface area contributed by atoms with Gasteiger partial charge < -0.3 is 0 Å². The summed E-state index contributed by atoms with van der Waals surface area (Å²) >= 11 is 0. The first-order valence-electron chi connectivity index (χ1n) is 7.21. The summed E-state index contributed by atoms with van der Waals surface area (Å²) in [6.07, 6.45) is 5.10. The Bertz CT molecular complexity index is 691. The van der Waals surface area contributed by atoms with Crippen molar-refractivity contribution in [2.24, 2.45) is 5.92 Å². The number of ketones is 1. The number of carbonyl (C=O) groups excluding carboxylic acids is 1. The van der Waals surface area contributed by atoms with E-state index < -0.39 is 16.1 Å². The summed E-state index contributed by atoms with van der Waals surface area (Å²) in [6, 6.07) is 6.10. The van der Waals surface area contributed by atoms with Crippen molar-refractivity contribution >= 4 is 15.8 Å². The number of rotatable bonds is 2. The minimum Gasteiger partial charge on any atom is -0.298 e. The molecule has 0 amide bonds. The number of sulfonamides is 1. The third-order valence-electron chi connectivity index (χ3n) is 4.46. The lowest BCUT2D eigenvalue weighted by atomic mass is 9.89. The van der Waals surface area contributed by atoms with Crippen molar-refractivity contribution in [3.63, 3.8) is 0 Å². The zero-order valence-corrected chi connectivity index (χ0v) is 13.0. The summed E-state index contributed by atoms with van der Waals surface area (Å²) in [4.78, 5) is 12.4. The van der Waals surface area contributed by atoms with E-state index in [2.05, 4.69) is 0 Å². The molecule has 4 nitrogen and oxygen atoms in total. The fourth-order valence-electron chi connectivity index (χ4n) is 3.24. The van der Waals surface area contributed by atoms with Crippen molar-refractivity contribution in [2.75, 3.05) is 0 Å². The lowest BCUT2D eigenvalue weighted by molar-refractivity contribution is -0.126. The van der Waals surface area contributed by atoms with Crippen molar-refractivity contribution in [3.8, 4) is 0 Å². The Kier molecular flexibility index (Phi) is 3.50. The largest absolute Gasteiger partial charge is 0.298 e. The lowest BCUT2D eigenvalue weighted by Crippen LogP contribution is -2.55. The molecule has 0 spiro atoms. The van der Waals surface area contributed by atoms with Crippen molar-refractivity contribution in [1.82, 2.24) is 4.31 Å². The highest BCUT2D eigenvalue weighted by molar-refractivity contribution is 7.89. The van der Waals surface area contributed by atoms with Crippen LogP contribution < -0.4 is 0 Å². The van der Waals surface area contributed by atoms with Gasteiger partial charge in [0.1, 0.15) is 0 Å². The monoisotopic (exact) mass is 305 g/mol. The summed E-state index contributed by atoms with van der Waals surface area (Å²) in [5.41, 5.74) is 1.01. The first-order chi connectivity index (χ1) is 9.91. The predicted molar refractivity (Wildman–Crippen MR) is 80.3 cm³/mol. The Balaban J connectivity index is 2.03. The second kappa shape index (κ2) is 5.07. The Morgan fingerprint density at radius 1 is 1.19 bits per heavy atom. The van der Waals surface area contributed by atoms with Crippen LogP contribution in [0.2, 0.25) is 0 Å². The fraction of sp³-hybridized carbons (Fsp3) is 0.438. The molecule has 3 atom stereocenters. The minimum absolute atomic E-state index is 0.00140. The van der Waals surface area contributed by atoms with Crippen LogP contribution in [-0.2, 0) is 14.8 Å². The second-order valence-electron chi connectivity index (χ2n) is 5.89. The molecule has 2 aliphatic rings. The standard InChI is InChI=1S/C16H19NO3S/c1-11-6-8-14(9-7-11)21(19,20)17-12(2)16(18)10-13-4-3-5-15(13)17/h3-4,6-9,12-13,15H,5,10H2,1-2H3/t12-,13-,15+/m0/s1. The summed E-state index contributed by atoms with van der Waals surface area (Å²) in [7, 11) is -3.64. The van der Waals surface area contributed by atoms with E-state index in [1.165, 1.54) is 4.31 Å². The van der Waals surface area contributed by atoms with E-state index in [1.54, 1.807) is 31.2 Å². The molecule has 1 heterocycles. The molecular formula is C16H19NO3S. The van der Waals surface area contributed by atoms with Gasteiger partial charge in [0.15, 0.2) is 5.78 Å². The molecule has 0 radical (unpaired) electrons. The molecule has 0 saturated carbocycles. The SMILES string of the molecule is Cc1ccc(S(=O)(=O)N2[C@@H]3CC=C[C@H]3CC(=O)[C@@H]2C)cc1. The van der Waals surface area contributed by atoms with E-state index >= 15 is 0 Å². The molecule has 3 rings (SSSR count). The summed E-state index contributed by atoms with van der Waals surface area (Å²) < 4.78 is 27.3. The first-order valence-corrected chi connectivity index (χ1v) is 8.65. The average Bonchev–Trinajstić information content (AvgIpc) is 2.87. The van der Waals surface area contributed by atoms with E-state index in [-0.39, 0.29) is 22.6 Å². The second-order valence-corrected chi connectivity index (χ2v) is 7.73. The molecule has 1 fully saturated rings. The van der Waals surface area contributed by atoms with Gasteiger partial charge in [0.05, 0.1) is 10.9 Å². The fourth-order valence-corrected chi connectivity index (χ4v) is 5.10. The van der Waals surface area contributed by atoms with Gasteiger partial charge in [0.2, 0.25) is 10.0 Å². The van der Waals surface area contributed by atoms with E-state index in [4.69, 9.17) is 0 Å². The molecule has 5 heteroatoms. The Labute approximate surface area is 125 Å². The molecular weight excluding hydrogens is 286 g/mol. The lowest BCUT2D eigenvalue weighted by Gasteiger charge is -2.40. The van der Waals surface area contributed by atoms with Gasteiger partial charge in [-0.25, -0.2) is 8.42 Å². The highest BCUT2D eigenvalue weighted by Crippen LogP contribution is 2.37. The molecule has 112 valence electrons. The maximum Gasteiger partial charge on any atom is 0.244 e. The Morgan fingerprint density at radius 2 is 1.86 bits per heavy atom. The molecule has 0 bridgehead atoms. The minimum atomic E-state index is -3.64. The quantitative estimate of drug-likeness (QED) is 0.788. The van der Waals surface area contributed by atoms with E-state index in [0.717, 1.165) is 5.56 Å². The van der Waals surface area contributed by atoms with Gasteiger partial charge in [0.25, 0.3) is 0 Å². The molecule has 1 aliphatic heterocycles. The normalized spacial score (nSPS) is 29.6. The maximum absolute atomic E-state index is 12.9. The molecule has 1 saturated heterocycles. The third kappa shape index (κ3) is 2.34. The Morgan fingerprint density at radius 3 is 2.52 bits per heavy atom. The van der Waals surface area contributed by atoms with Gasteiger partial charge in [-0.2, -0.15) is 4.31 Å². The highest BCUT2D eigenvalue weighted by atomic mass is 32.2. The van der Waals surface area contributed by atoms with Crippen LogP contribution in [-0.4, -0.2) is 30.6 Å². The van der Waals surface area contributed by atoms with Crippen LogP contribution in [0.5, 0.6) is 0 Å². The van der Waals surface area contributed by atoms with Crippen LogP contribution >= 0.6 is 0 Å². The molecule has 0 unspecified atom stereocenters. The van der Waals surface area contributed by atoms with E-state index in [0.29, 0.717) is 12.8 Å². The van der Waals surface area contributed by atoms with Crippen molar-refractivity contribution in [2.45, 2.75) is 43.7 Å². The molecule has 21 heavy (non-hydrogen) atoms. The van der Waals surface area contributed by atoms with Gasteiger partial charge in [-0.05, 0) is 32.4 Å². The van der Waals surface area contributed by atoms with Crippen LogP contribution in [0.25, 0.3) is 0 Å². The first kappa shape index (κ1) is 14.5. The number of fused-ring (bicyclic) bond motifs is 1. The van der Waals surface area contributed by atoms with Gasteiger partial charge in [-0.3, -0.25) is 4.79 Å². The number of nitrogens with zero attached hydrogens (tertiary/aromatic N) is 1. The van der Waals surface area contributed by atoms with Gasteiger partial charge in [0, 0.05) is 18.4 Å². The zero-order chi connectivity index (χ0) is 15.2. The van der Waals surface area contributed by atoms with E-state index in [9.17, 15) is 13.2 Å². The van der Waals surface area contributed by atoms with Crippen molar-refractivity contribution in [3.05, 3.63) is 42.0 Å². The van der Waals surface area contributed by atoms with Crippen molar-refractivity contribution in [1.29, 1.82) is 0 Å². The molecule has 1 aromatic rings. The van der Waals surface area contributed by atoms with Crippen LogP contribution in [0.3, 0.4) is 0 Å². The number of Topliss-reactive ketones (excluding diaryl/α,β-unsaturated/α-hetero) is 1. The maximum atomic E-state index is 12.9. The smallest absolute Gasteiger partial charge is 0.244 e. The summed E-state index contributed by atoms with van der Waals surface area (Å²) in [5, 5.41) is 0. The zero-order valence-electron chi connectivity index (χ0n) is 12.2. The van der Waals surface area contributed by atoms with Gasteiger partial charge >= 0.3 is 0 Å². The number of benzene rings is 1. The number of aryl methyl sites for hydroxylation is 1.